The monoisotopic (exact) mass is 235 g/mol. The Hall–Kier alpha value is -2.35. The highest BCUT2D eigenvalue weighted by Gasteiger charge is 2.20. The molecule has 0 bridgehead atoms. The highest BCUT2D eigenvalue weighted by Crippen LogP contribution is 2.32. The lowest BCUT2D eigenvalue weighted by molar-refractivity contribution is 0.318. The first-order chi connectivity index (χ1) is 8.81. The summed E-state index contributed by atoms with van der Waals surface area (Å²) in [4.78, 5) is 0. The van der Waals surface area contributed by atoms with Crippen molar-refractivity contribution in [1.29, 1.82) is 0 Å². The summed E-state index contributed by atoms with van der Waals surface area (Å²) < 4.78 is 0. The van der Waals surface area contributed by atoms with E-state index in [0.717, 1.165) is 27.8 Å². The number of fused-ring (bicyclic) bond motifs is 2. The van der Waals surface area contributed by atoms with E-state index in [1.165, 1.54) is 0 Å². The van der Waals surface area contributed by atoms with Crippen LogP contribution in [0.2, 0.25) is 0 Å². The minimum atomic E-state index is 0.628. The molecule has 88 valence electrons. The lowest BCUT2D eigenvalue weighted by atomic mass is 9.96. The summed E-state index contributed by atoms with van der Waals surface area (Å²) in [5.41, 5.74) is 5.95. The highest BCUT2D eigenvalue weighted by atomic mass is 16.4. The van der Waals surface area contributed by atoms with Gasteiger partial charge in [0.2, 0.25) is 0 Å². The van der Waals surface area contributed by atoms with Crippen molar-refractivity contribution in [3.05, 3.63) is 77.4 Å². The van der Waals surface area contributed by atoms with E-state index in [0.29, 0.717) is 12.1 Å². The molecule has 1 aliphatic carbocycles. The predicted octanol–water partition coefficient (Wildman–Crippen LogP) is 3.48. The van der Waals surface area contributed by atoms with Crippen molar-refractivity contribution in [2.75, 3.05) is 0 Å². The zero-order valence-corrected chi connectivity index (χ0v) is 9.93. The Bertz CT molecular complexity index is 656. The molecule has 3 rings (SSSR count). The Morgan fingerprint density at radius 3 is 2.22 bits per heavy atom. The molecule has 0 heterocycles. The number of benzene rings is 2. The van der Waals surface area contributed by atoms with Crippen LogP contribution >= 0.6 is 0 Å². The minimum absolute atomic E-state index is 0.628. The standard InChI is InChI=1S/C16H13NO/c1-11-13-7-3-2-6-12(13)10-16(17-18)15-9-5-4-8-14(11)15/h2-9,18H,1,10H2/b17-16-. The summed E-state index contributed by atoms with van der Waals surface area (Å²) in [6.07, 6.45) is 0.628. The van der Waals surface area contributed by atoms with Crippen molar-refractivity contribution in [2.45, 2.75) is 6.42 Å². The Balaban J connectivity index is 2.31. The van der Waals surface area contributed by atoms with Gasteiger partial charge < -0.3 is 5.21 Å². The van der Waals surface area contributed by atoms with Crippen LogP contribution in [0.15, 0.2) is 60.3 Å². The largest absolute Gasteiger partial charge is 0.411 e. The van der Waals surface area contributed by atoms with Crippen LogP contribution in [0.25, 0.3) is 5.57 Å². The van der Waals surface area contributed by atoms with E-state index in [-0.39, 0.29) is 0 Å². The van der Waals surface area contributed by atoms with Crippen LogP contribution in [0.1, 0.15) is 22.3 Å². The van der Waals surface area contributed by atoms with Gasteiger partial charge in [0, 0.05) is 12.0 Å². The second-order valence-electron chi connectivity index (χ2n) is 4.40. The molecule has 0 aromatic heterocycles. The molecule has 1 aliphatic rings. The Morgan fingerprint density at radius 1 is 0.889 bits per heavy atom. The van der Waals surface area contributed by atoms with E-state index in [2.05, 4.69) is 23.9 Å². The molecule has 0 spiro atoms. The average Bonchev–Trinajstić information content (AvgIpc) is 2.55. The molecule has 18 heavy (non-hydrogen) atoms. The molecule has 0 saturated heterocycles. The summed E-state index contributed by atoms with van der Waals surface area (Å²) in [5, 5.41) is 12.7. The average molecular weight is 235 g/mol. The molecule has 2 heteroatoms. The molecule has 0 amide bonds. The molecule has 0 saturated carbocycles. The highest BCUT2D eigenvalue weighted by molar-refractivity contribution is 6.08. The summed E-state index contributed by atoms with van der Waals surface area (Å²) >= 11 is 0. The fourth-order valence-corrected chi connectivity index (χ4v) is 2.48. The molecule has 2 nitrogen and oxygen atoms in total. The maximum absolute atomic E-state index is 9.23. The van der Waals surface area contributed by atoms with Gasteiger partial charge in [0.1, 0.15) is 0 Å². The topological polar surface area (TPSA) is 32.6 Å². The van der Waals surface area contributed by atoms with Crippen molar-refractivity contribution < 1.29 is 5.21 Å². The number of rotatable bonds is 0. The van der Waals surface area contributed by atoms with Gasteiger partial charge in [0.05, 0.1) is 5.71 Å². The summed E-state index contributed by atoms with van der Waals surface area (Å²) in [5.74, 6) is 0. The van der Waals surface area contributed by atoms with Gasteiger partial charge in [-0.3, -0.25) is 0 Å². The Labute approximate surface area is 106 Å². The first-order valence-corrected chi connectivity index (χ1v) is 5.89. The summed E-state index contributed by atoms with van der Waals surface area (Å²) in [7, 11) is 0. The molecule has 0 aliphatic heterocycles. The van der Waals surface area contributed by atoms with Crippen LogP contribution < -0.4 is 0 Å². The Kier molecular flexibility index (Phi) is 2.49. The second kappa shape index (κ2) is 4.15. The van der Waals surface area contributed by atoms with Crippen molar-refractivity contribution in [1.82, 2.24) is 0 Å². The maximum atomic E-state index is 9.23. The van der Waals surface area contributed by atoms with Crippen molar-refractivity contribution in [3.63, 3.8) is 0 Å². The zero-order valence-electron chi connectivity index (χ0n) is 9.93. The van der Waals surface area contributed by atoms with Crippen LogP contribution in [0.4, 0.5) is 0 Å². The van der Waals surface area contributed by atoms with Crippen LogP contribution in [0.3, 0.4) is 0 Å². The minimum Gasteiger partial charge on any atom is -0.411 e. The van der Waals surface area contributed by atoms with Gasteiger partial charge in [-0.15, -0.1) is 0 Å². The third-order valence-electron chi connectivity index (χ3n) is 3.38. The third-order valence-corrected chi connectivity index (χ3v) is 3.38. The van der Waals surface area contributed by atoms with E-state index in [4.69, 9.17) is 0 Å². The Morgan fingerprint density at radius 2 is 1.50 bits per heavy atom. The molecule has 2 aromatic rings. The van der Waals surface area contributed by atoms with Gasteiger partial charge in [-0.2, -0.15) is 0 Å². The van der Waals surface area contributed by atoms with E-state index in [1.807, 2.05) is 36.4 Å². The normalized spacial score (nSPS) is 16.0. The van der Waals surface area contributed by atoms with Crippen LogP contribution in [0, 0.1) is 0 Å². The molecule has 0 unspecified atom stereocenters. The first-order valence-electron chi connectivity index (χ1n) is 5.89. The molecule has 1 N–H and O–H groups in total. The van der Waals surface area contributed by atoms with Crippen molar-refractivity contribution in [3.8, 4) is 0 Å². The van der Waals surface area contributed by atoms with Crippen molar-refractivity contribution in [2.24, 2.45) is 5.16 Å². The van der Waals surface area contributed by atoms with E-state index in [1.54, 1.807) is 0 Å². The number of hydrogen-bond donors (Lipinski definition) is 1. The summed E-state index contributed by atoms with van der Waals surface area (Å²) in [6, 6.07) is 16.0. The predicted molar refractivity (Wildman–Crippen MR) is 73.0 cm³/mol. The van der Waals surface area contributed by atoms with E-state index < -0.39 is 0 Å². The second-order valence-corrected chi connectivity index (χ2v) is 4.40. The lowest BCUT2D eigenvalue weighted by Crippen LogP contribution is -2.05. The molecule has 0 fully saturated rings. The first kappa shape index (κ1) is 10.8. The van der Waals surface area contributed by atoms with Gasteiger partial charge in [0.15, 0.2) is 0 Å². The van der Waals surface area contributed by atoms with Crippen LogP contribution in [-0.4, -0.2) is 10.9 Å². The van der Waals surface area contributed by atoms with Gasteiger partial charge >= 0.3 is 0 Å². The molecule has 0 radical (unpaired) electrons. The maximum Gasteiger partial charge on any atom is 0.0917 e. The third kappa shape index (κ3) is 1.54. The number of nitrogens with zero attached hydrogens (tertiary/aromatic N) is 1. The number of oxime groups is 1. The molecular formula is C16H13NO. The van der Waals surface area contributed by atoms with Gasteiger partial charge in [-0.1, -0.05) is 60.3 Å². The molecule has 0 atom stereocenters. The fourth-order valence-electron chi connectivity index (χ4n) is 2.48. The summed E-state index contributed by atoms with van der Waals surface area (Å²) in [6.45, 7) is 4.19. The quantitative estimate of drug-likeness (QED) is 0.550. The number of hydrogen-bond acceptors (Lipinski definition) is 2. The molecule has 2 aromatic carbocycles. The fraction of sp³-hybridized carbons (Fsp3) is 0.0625. The van der Waals surface area contributed by atoms with Crippen LogP contribution in [-0.2, 0) is 6.42 Å². The van der Waals surface area contributed by atoms with Crippen molar-refractivity contribution >= 4 is 11.3 Å². The van der Waals surface area contributed by atoms with Gasteiger partial charge in [0.25, 0.3) is 0 Å². The van der Waals surface area contributed by atoms with E-state index in [9.17, 15) is 5.21 Å². The van der Waals surface area contributed by atoms with Crippen LogP contribution in [0.5, 0.6) is 0 Å². The zero-order chi connectivity index (χ0) is 12.5. The lowest BCUT2D eigenvalue weighted by Gasteiger charge is -2.08. The van der Waals surface area contributed by atoms with Gasteiger partial charge in [-0.05, 0) is 22.3 Å². The smallest absolute Gasteiger partial charge is 0.0917 e. The molecular weight excluding hydrogens is 222 g/mol. The SMILES string of the molecule is C=C1c2ccccc2C/C(=N/O)c2ccccc21. The van der Waals surface area contributed by atoms with Gasteiger partial charge in [-0.25, -0.2) is 0 Å². The van der Waals surface area contributed by atoms with E-state index >= 15 is 0 Å².